The molecule has 0 radical (unpaired) electrons. The molecule has 0 unspecified atom stereocenters. The Kier molecular flexibility index (Phi) is 11.9. The van der Waals surface area contributed by atoms with E-state index in [1.807, 2.05) is 48.5 Å². The lowest BCUT2D eigenvalue weighted by atomic mass is 9.82. The minimum Gasteiger partial charge on any atom is -0.497 e. The minimum atomic E-state index is -2.58. The van der Waals surface area contributed by atoms with Gasteiger partial charge >= 0.3 is 5.97 Å². The Hall–Kier alpha value is -4.56. The molecule has 13 heteroatoms. The molecule has 3 N–H and O–H groups in total. The second kappa shape index (κ2) is 16.7. The number of benzene rings is 3. The van der Waals surface area contributed by atoms with Crippen LogP contribution in [0.25, 0.3) is 0 Å². The van der Waals surface area contributed by atoms with Crippen molar-refractivity contribution in [2.24, 2.45) is 5.92 Å². The van der Waals surface area contributed by atoms with Gasteiger partial charge in [0.05, 0.1) is 59.2 Å². The third-order valence-electron chi connectivity index (χ3n) is 13.0. The van der Waals surface area contributed by atoms with E-state index in [2.05, 4.69) is 48.9 Å². The highest BCUT2D eigenvalue weighted by atomic mass is 28.3. The first-order chi connectivity index (χ1) is 27.4. The van der Waals surface area contributed by atoms with Crippen LogP contribution in [0.4, 0.5) is 11.4 Å². The molecule has 6 atom stereocenters. The number of esters is 1. The van der Waals surface area contributed by atoms with E-state index in [-0.39, 0.29) is 66.7 Å². The van der Waals surface area contributed by atoms with Crippen LogP contribution >= 0.6 is 0 Å². The molecule has 4 heterocycles. The summed E-state index contributed by atoms with van der Waals surface area (Å²) >= 11 is 0. The highest BCUT2D eigenvalue weighted by Crippen LogP contribution is 2.60. The number of aliphatic hydroxyl groups excluding tert-OH is 1. The van der Waals surface area contributed by atoms with Gasteiger partial charge in [-0.2, -0.15) is 0 Å². The summed E-state index contributed by atoms with van der Waals surface area (Å²) < 4.78 is 17.6. The molecule has 2 fully saturated rings. The van der Waals surface area contributed by atoms with Gasteiger partial charge in [0.15, 0.2) is 5.60 Å². The summed E-state index contributed by atoms with van der Waals surface area (Å²) in [5.74, 6) is -0.383. The molecule has 0 aromatic heterocycles. The Balaban J connectivity index is 1.28. The molecule has 7 rings (SSSR count). The lowest BCUT2D eigenvalue weighted by molar-refractivity contribution is -0.151. The van der Waals surface area contributed by atoms with Gasteiger partial charge in [-0.25, -0.2) is 0 Å². The number of ether oxygens (including phenoxy) is 3. The van der Waals surface area contributed by atoms with E-state index in [1.54, 1.807) is 16.9 Å². The molecular weight excluding hydrogens is 741 g/mol. The molecule has 0 bridgehead atoms. The van der Waals surface area contributed by atoms with Crippen LogP contribution in [-0.2, 0) is 47.2 Å². The summed E-state index contributed by atoms with van der Waals surface area (Å²) in [5.41, 5.74) is 2.49. The number of anilines is 2. The van der Waals surface area contributed by atoms with Crippen LogP contribution in [0.2, 0.25) is 18.6 Å². The molecular formula is C44H56N4O8Si. The van der Waals surface area contributed by atoms with Crippen molar-refractivity contribution in [3.63, 3.8) is 0 Å². The number of carbonyl (C=O) groups is 4. The molecule has 1 spiro atoms. The molecule has 12 nitrogen and oxygen atoms in total. The smallest absolute Gasteiger partial charge is 0.305 e. The highest BCUT2D eigenvalue weighted by molar-refractivity contribution is 6.91. The predicted molar refractivity (Wildman–Crippen MR) is 220 cm³/mol. The molecule has 2 saturated heterocycles. The normalized spacial score (nSPS) is 25.4. The fourth-order valence-corrected chi connectivity index (χ4v) is 13.9. The van der Waals surface area contributed by atoms with Crippen molar-refractivity contribution in [1.29, 1.82) is 0 Å². The largest absolute Gasteiger partial charge is 0.497 e. The molecule has 3 amide bonds. The Morgan fingerprint density at radius 2 is 1.79 bits per heavy atom. The number of nitrogens with one attached hydrogen (secondary N) is 2. The summed E-state index contributed by atoms with van der Waals surface area (Å²) in [6.07, 6.45) is 2.98. The first-order valence-electron chi connectivity index (χ1n) is 20.3. The van der Waals surface area contributed by atoms with Crippen molar-refractivity contribution >= 4 is 48.3 Å². The Morgan fingerprint density at radius 3 is 2.47 bits per heavy atom. The predicted octanol–water partition coefficient (Wildman–Crippen LogP) is 4.63. The molecule has 3 aromatic rings. The van der Waals surface area contributed by atoms with Crippen LogP contribution in [0.15, 0.2) is 66.7 Å². The van der Waals surface area contributed by atoms with Crippen LogP contribution in [-0.4, -0.2) is 93.9 Å². The topological polar surface area (TPSA) is 147 Å². The number of unbranched alkanes of at least 4 members (excludes halogenated alkanes) is 1. The fraction of sp³-hybridized carbons (Fsp3) is 0.500. The summed E-state index contributed by atoms with van der Waals surface area (Å²) in [7, 11) is 0.426. The number of carbonyl (C=O) groups excluding carboxylic acids is 4. The number of rotatable bonds is 13. The van der Waals surface area contributed by atoms with Gasteiger partial charge in [-0.3, -0.25) is 19.2 Å². The summed E-state index contributed by atoms with van der Waals surface area (Å²) in [6.45, 7) is 8.00. The number of nitrogens with zero attached hydrogens (tertiary/aromatic N) is 2. The summed E-state index contributed by atoms with van der Waals surface area (Å²) in [4.78, 5) is 58.7. The number of amides is 3. The quantitative estimate of drug-likeness (QED) is 0.128. The zero-order valence-electron chi connectivity index (χ0n) is 33.7. The van der Waals surface area contributed by atoms with Gasteiger partial charge in [0.1, 0.15) is 5.75 Å². The van der Waals surface area contributed by atoms with Gasteiger partial charge in [-0.15, -0.1) is 0 Å². The molecule has 0 aliphatic carbocycles. The number of aliphatic hydroxyl groups is 1. The van der Waals surface area contributed by atoms with E-state index < -0.39 is 19.8 Å². The number of fused-ring (bicyclic) bond motifs is 3. The molecule has 4 aliphatic rings. The minimum absolute atomic E-state index is 0.0352. The standard InChI is InChI=1S/C44H56N4O8Si/c1-28-41(57(4,5)34-18-16-33(54-2)17-19-34)38(25-39(50)48-26-30-12-7-6-11-29(30)23-32(48)27-49)56-44(28)35-24-31(46-42(52)36-13-10-21-45-36)15-20-37(35)47(43(44)53)22-9-8-14-40(51)55-3/h6-7,11-12,15-20,24,28,32,36,38,41,45,49H,8-10,13-14,21-23,25-27H2,1-5H3,(H,46,52)/t28-,32+,36-,38+,41-,44+/m1/s1. The van der Waals surface area contributed by atoms with Crippen molar-refractivity contribution in [2.75, 3.05) is 44.1 Å². The van der Waals surface area contributed by atoms with Crippen LogP contribution in [0, 0.1) is 5.92 Å². The number of methoxy groups -OCH3 is 2. The first kappa shape index (κ1) is 40.6. The van der Waals surface area contributed by atoms with Crippen LogP contribution in [0.3, 0.4) is 0 Å². The second-order valence-electron chi connectivity index (χ2n) is 16.6. The van der Waals surface area contributed by atoms with Crippen molar-refractivity contribution in [3.05, 3.63) is 83.4 Å². The monoisotopic (exact) mass is 796 g/mol. The van der Waals surface area contributed by atoms with Crippen LogP contribution in [0.1, 0.15) is 62.1 Å². The van der Waals surface area contributed by atoms with Crippen molar-refractivity contribution < 1.29 is 38.5 Å². The van der Waals surface area contributed by atoms with Crippen molar-refractivity contribution in [3.8, 4) is 5.75 Å². The average molecular weight is 797 g/mol. The van der Waals surface area contributed by atoms with E-state index in [9.17, 15) is 19.5 Å². The molecule has 0 saturated carbocycles. The van der Waals surface area contributed by atoms with E-state index in [4.69, 9.17) is 14.2 Å². The fourth-order valence-electron chi connectivity index (χ4n) is 9.92. The molecule has 4 aliphatic heterocycles. The zero-order chi connectivity index (χ0) is 40.5. The van der Waals surface area contributed by atoms with Crippen LogP contribution in [0.5, 0.6) is 5.75 Å². The van der Waals surface area contributed by atoms with E-state index in [0.29, 0.717) is 49.3 Å². The summed E-state index contributed by atoms with van der Waals surface area (Å²) in [5, 5.41) is 18.0. The van der Waals surface area contributed by atoms with Crippen molar-refractivity contribution in [2.45, 2.75) is 101 Å². The summed E-state index contributed by atoms with van der Waals surface area (Å²) in [6, 6.07) is 21.1. The average Bonchev–Trinajstić information content (AvgIpc) is 3.92. The Bertz CT molecular complexity index is 1980. The number of hydrogen-bond acceptors (Lipinski definition) is 9. The lowest BCUT2D eigenvalue weighted by Gasteiger charge is -2.39. The van der Waals surface area contributed by atoms with Gasteiger partial charge in [0.25, 0.3) is 5.91 Å². The van der Waals surface area contributed by atoms with E-state index in [0.717, 1.165) is 41.4 Å². The Labute approximate surface area is 336 Å². The molecule has 304 valence electrons. The van der Waals surface area contributed by atoms with Gasteiger partial charge in [0, 0.05) is 36.7 Å². The van der Waals surface area contributed by atoms with Crippen molar-refractivity contribution in [1.82, 2.24) is 10.2 Å². The van der Waals surface area contributed by atoms with E-state index in [1.165, 1.54) is 7.11 Å². The SMILES string of the molecule is COC(=O)CCCCN1C(=O)[C@@]2(O[C@@H](CC(=O)N3Cc4ccccc4C[C@H]3CO)[C@H]([Si](C)(C)c3ccc(OC)cc3)[C@H]2C)c2cc(NC(=O)[C@H]3CCCN3)ccc21. The van der Waals surface area contributed by atoms with Gasteiger partial charge in [0.2, 0.25) is 11.8 Å². The Morgan fingerprint density at radius 1 is 1.04 bits per heavy atom. The maximum Gasteiger partial charge on any atom is 0.305 e. The number of hydrogen-bond donors (Lipinski definition) is 3. The molecule has 57 heavy (non-hydrogen) atoms. The van der Waals surface area contributed by atoms with Crippen LogP contribution < -0.4 is 25.5 Å². The van der Waals surface area contributed by atoms with Gasteiger partial charge in [-0.1, -0.05) is 61.6 Å². The van der Waals surface area contributed by atoms with E-state index >= 15 is 4.79 Å². The zero-order valence-corrected chi connectivity index (χ0v) is 34.7. The third-order valence-corrected chi connectivity index (χ3v) is 17.3. The van der Waals surface area contributed by atoms with Gasteiger partial charge in [-0.05, 0) is 85.6 Å². The second-order valence-corrected chi connectivity index (χ2v) is 21.2. The maximum absolute atomic E-state index is 15.3. The maximum atomic E-state index is 15.3. The third kappa shape index (κ3) is 7.62. The first-order valence-corrected chi connectivity index (χ1v) is 23.4. The lowest BCUT2D eigenvalue weighted by Crippen LogP contribution is -2.52. The highest BCUT2D eigenvalue weighted by Gasteiger charge is 2.66. The molecule has 3 aromatic carbocycles. The van der Waals surface area contributed by atoms with Gasteiger partial charge < -0.3 is 39.8 Å².